The number of anilines is 1. The van der Waals surface area contributed by atoms with Gasteiger partial charge in [-0.1, -0.05) is 39.3 Å². The number of hydrogen-bond donors (Lipinski definition) is 0. The molecule has 0 aliphatic rings. The van der Waals surface area contributed by atoms with Crippen molar-refractivity contribution < 1.29 is 0 Å². The van der Waals surface area contributed by atoms with Gasteiger partial charge in [0.25, 0.3) is 0 Å². The molecule has 0 aliphatic heterocycles. The monoisotopic (exact) mass is 269 g/mol. The molecule has 1 aromatic heterocycles. The van der Waals surface area contributed by atoms with Gasteiger partial charge in [0.2, 0.25) is 0 Å². The van der Waals surface area contributed by atoms with E-state index >= 15 is 0 Å². The highest BCUT2D eigenvalue weighted by atomic mass is 35.5. The second-order valence-corrected chi connectivity index (χ2v) is 6.09. The standard InChI is InChI=1S/C14H24ClN3/c1-9(2)8-18(11(5)6)13-7-12(15)16-14(17-13)10(3)4/h7,9-11H,8H2,1-6H3. The molecule has 0 aliphatic carbocycles. The van der Waals surface area contributed by atoms with Crippen molar-refractivity contribution in [2.45, 2.75) is 53.5 Å². The van der Waals surface area contributed by atoms with Crippen LogP contribution in [0.2, 0.25) is 5.15 Å². The summed E-state index contributed by atoms with van der Waals surface area (Å²) in [5.74, 6) is 2.62. The van der Waals surface area contributed by atoms with Gasteiger partial charge in [-0.3, -0.25) is 0 Å². The van der Waals surface area contributed by atoms with Crippen LogP contribution in [0.1, 0.15) is 53.3 Å². The van der Waals surface area contributed by atoms with E-state index in [-0.39, 0.29) is 5.92 Å². The second kappa shape index (κ2) is 6.37. The maximum Gasteiger partial charge on any atom is 0.135 e. The molecule has 1 aromatic rings. The van der Waals surface area contributed by atoms with Crippen LogP contribution in [0.4, 0.5) is 5.82 Å². The number of nitrogens with zero attached hydrogens (tertiary/aromatic N) is 3. The Labute approximate surface area is 116 Å². The third-order valence-corrected chi connectivity index (χ3v) is 2.89. The van der Waals surface area contributed by atoms with Gasteiger partial charge in [-0.2, -0.15) is 0 Å². The van der Waals surface area contributed by atoms with Gasteiger partial charge >= 0.3 is 0 Å². The zero-order chi connectivity index (χ0) is 13.9. The van der Waals surface area contributed by atoms with Crippen molar-refractivity contribution in [3.8, 4) is 0 Å². The summed E-state index contributed by atoms with van der Waals surface area (Å²) in [5, 5.41) is 0.526. The summed E-state index contributed by atoms with van der Waals surface area (Å²) in [6.45, 7) is 13.9. The normalized spacial score (nSPS) is 11.7. The van der Waals surface area contributed by atoms with Crippen LogP contribution < -0.4 is 4.90 Å². The molecule has 0 fully saturated rings. The summed E-state index contributed by atoms with van der Waals surface area (Å²) in [7, 11) is 0. The predicted molar refractivity (Wildman–Crippen MR) is 78.5 cm³/mol. The van der Waals surface area contributed by atoms with Gasteiger partial charge in [0, 0.05) is 24.6 Å². The summed E-state index contributed by atoms with van der Waals surface area (Å²) in [5.41, 5.74) is 0. The van der Waals surface area contributed by atoms with Gasteiger partial charge < -0.3 is 4.90 Å². The molecule has 0 bridgehead atoms. The Balaban J connectivity index is 3.11. The van der Waals surface area contributed by atoms with Crippen LogP contribution in [0.15, 0.2) is 6.07 Å². The Kier molecular flexibility index (Phi) is 5.39. The van der Waals surface area contributed by atoms with Crippen molar-refractivity contribution in [3.63, 3.8) is 0 Å². The topological polar surface area (TPSA) is 29.0 Å². The largest absolute Gasteiger partial charge is 0.354 e. The Hall–Kier alpha value is -0.830. The van der Waals surface area contributed by atoms with Gasteiger partial charge in [-0.05, 0) is 19.8 Å². The van der Waals surface area contributed by atoms with E-state index in [4.69, 9.17) is 11.6 Å². The molecular weight excluding hydrogens is 246 g/mol. The lowest BCUT2D eigenvalue weighted by Crippen LogP contribution is -2.35. The van der Waals surface area contributed by atoms with Crippen molar-refractivity contribution in [3.05, 3.63) is 17.0 Å². The molecule has 18 heavy (non-hydrogen) atoms. The molecule has 102 valence electrons. The first-order valence-corrected chi connectivity index (χ1v) is 7.00. The van der Waals surface area contributed by atoms with Gasteiger partial charge in [-0.15, -0.1) is 0 Å². The summed E-state index contributed by atoms with van der Waals surface area (Å²) >= 11 is 6.10. The molecule has 0 saturated heterocycles. The second-order valence-electron chi connectivity index (χ2n) is 5.70. The SMILES string of the molecule is CC(C)CN(c1cc(Cl)nc(C(C)C)n1)C(C)C. The van der Waals surface area contributed by atoms with Crippen molar-refractivity contribution in [2.24, 2.45) is 5.92 Å². The summed E-state index contributed by atoms with van der Waals surface area (Å²) in [4.78, 5) is 11.2. The molecule has 3 nitrogen and oxygen atoms in total. The lowest BCUT2D eigenvalue weighted by atomic mass is 10.1. The smallest absolute Gasteiger partial charge is 0.135 e. The van der Waals surface area contributed by atoms with Crippen molar-refractivity contribution in [2.75, 3.05) is 11.4 Å². The number of aromatic nitrogens is 2. The zero-order valence-corrected chi connectivity index (χ0v) is 13.0. The lowest BCUT2D eigenvalue weighted by molar-refractivity contribution is 0.563. The van der Waals surface area contributed by atoms with Gasteiger partial charge in [0.1, 0.15) is 16.8 Å². The highest BCUT2D eigenvalue weighted by Crippen LogP contribution is 2.22. The Morgan fingerprint density at radius 2 is 1.72 bits per heavy atom. The Morgan fingerprint density at radius 3 is 2.17 bits per heavy atom. The number of rotatable bonds is 5. The molecule has 0 amide bonds. The zero-order valence-electron chi connectivity index (χ0n) is 12.2. The van der Waals surface area contributed by atoms with Crippen molar-refractivity contribution >= 4 is 17.4 Å². The first-order chi connectivity index (χ1) is 8.31. The van der Waals surface area contributed by atoms with Gasteiger partial charge in [0.05, 0.1) is 0 Å². The van der Waals surface area contributed by atoms with Gasteiger partial charge in [-0.25, -0.2) is 9.97 Å². The molecule has 0 N–H and O–H groups in total. The van der Waals surface area contributed by atoms with E-state index in [1.807, 2.05) is 6.07 Å². The van der Waals surface area contributed by atoms with E-state index in [9.17, 15) is 0 Å². The Morgan fingerprint density at radius 1 is 1.11 bits per heavy atom. The molecule has 0 atom stereocenters. The molecule has 0 radical (unpaired) electrons. The Bertz CT molecular complexity index is 389. The minimum atomic E-state index is 0.288. The molecule has 0 unspecified atom stereocenters. The average Bonchev–Trinajstić information content (AvgIpc) is 2.24. The van der Waals surface area contributed by atoms with Crippen LogP contribution in [0, 0.1) is 5.92 Å². The molecule has 1 heterocycles. The molecule has 0 saturated carbocycles. The molecule has 0 aromatic carbocycles. The minimum Gasteiger partial charge on any atom is -0.354 e. The van der Waals surface area contributed by atoms with Crippen molar-refractivity contribution in [1.29, 1.82) is 0 Å². The molecule has 0 spiro atoms. The minimum absolute atomic E-state index is 0.288. The average molecular weight is 270 g/mol. The summed E-state index contributed by atoms with van der Waals surface area (Å²) < 4.78 is 0. The fourth-order valence-electron chi connectivity index (χ4n) is 1.79. The summed E-state index contributed by atoms with van der Waals surface area (Å²) in [6, 6.07) is 2.26. The highest BCUT2D eigenvalue weighted by molar-refractivity contribution is 6.29. The van der Waals surface area contributed by atoms with E-state index in [0.29, 0.717) is 17.1 Å². The van der Waals surface area contributed by atoms with Crippen LogP contribution in [0.3, 0.4) is 0 Å². The molecule has 1 rings (SSSR count). The van der Waals surface area contributed by atoms with E-state index in [1.54, 1.807) is 0 Å². The van der Waals surface area contributed by atoms with E-state index in [1.165, 1.54) is 0 Å². The lowest BCUT2D eigenvalue weighted by Gasteiger charge is -2.30. The third-order valence-electron chi connectivity index (χ3n) is 2.69. The van der Waals surface area contributed by atoms with Crippen LogP contribution in [0.5, 0.6) is 0 Å². The molecule has 4 heteroatoms. The first-order valence-electron chi connectivity index (χ1n) is 6.62. The van der Waals surface area contributed by atoms with E-state index in [2.05, 4.69) is 56.4 Å². The maximum absolute atomic E-state index is 6.10. The van der Waals surface area contributed by atoms with Gasteiger partial charge in [0.15, 0.2) is 0 Å². The fraction of sp³-hybridized carbons (Fsp3) is 0.714. The predicted octanol–water partition coefficient (Wildman–Crippen LogP) is 4.12. The number of halogens is 1. The van der Waals surface area contributed by atoms with Crippen LogP contribution in [-0.4, -0.2) is 22.6 Å². The first kappa shape index (κ1) is 15.2. The molecular formula is C14H24ClN3. The summed E-state index contributed by atoms with van der Waals surface area (Å²) in [6.07, 6.45) is 0. The van der Waals surface area contributed by atoms with Crippen LogP contribution >= 0.6 is 11.6 Å². The highest BCUT2D eigenvalue weighted by Gasteiger charge is 2.16. The number of hydrogen-bond acceptors (Lipinski definition) is 3. The van der Waals surface area contributed by atoms with Crippen LogP contribution in [0.25, 0.3) is 0 Å². The quantitative estimate of drug-likeness (QED) is 0.753. The fourth-order valence-corrected chi connectivity index (χ4v) is 1.97. The third kappa shape index (κ3) is 4.13. The van der Waals surface area contributed by atoms with Crippen molar-refractivity contribution in [1.82, 2.24) is 9.97 Å². The van der Waals surface area contributed by atoms with Crippen LogP contribution in [-0.2, 0) is 0 Å². The van der Waals surface area contributed by atoms with E-state index in [0.717, 1.165) is 18.2 Å². The maximum atomic E-state index is 6.10. The van der Waals surface area contributed by atoms with E-state index < -0.39 is 0 Å².